The van der Waals surface area contributed by atoms with Crippen LogP contribution in [0.2, 0.25) is 0 Å². The maximum Gasteiger partial charge on any atom is 0.262 e. The zero-order chi connectivity index (χ0) is 15.5. The normalized spacial score (nSPS) is 20.1. The minimum Gasteiger partial charge on any atom is -0.493 e. The average Bonchev–Trinajstić information content (AvgIpc) is 2.84. The molecule has 1 fully saturated rings. The molecule has 1 amide bonds. The monoisotopic (exact) mass is 300 g/mol. The molecule has 1 unspecified atom stereocenters. The molecule has 1 heterocycles. The molecule has 1 aromatic carbocycles. The number of carbonyl (C=O) groups excluding carboxylic acids is 1. The van der Waals surface area contributed by atoms with Crippen LogP contribution < -0.4 is 20.1 Å². The zero-order valence-corrected chi connectivity index (χ0v) is 11.9. The molecular formula is C14H18F2N2O3. The van der Waals surface area contributed by atoms with Crippen LogP contribution in [0, 0.1) is 0 Å². The van der Waals surface area contributed by atoms with Crippen LogP contribution in [0.1, 0.15) is 12.0 Å². The topological polar surface area (TPSA) is 59.6 Å². The number of carbonyl (C=O) groups is 1. The van der Waals surface area contributed by atoms with E-state index in [9.17, 15) is 13.6 Å². The van der Waals surface area contributed by atoms with Crippen molar-refractivity contribution in [1.29, 1.82) is 0 Å². The van der Waals surface area contributed by atoms with Gasteiger partial charge in [0.05, 0.1) is 26.8 Å². The van der Waals surface area contributed by atoms with Crippen molar-refractivity contribution in [2.75, 3.05) is 20.8 Å². The molecule has 2 N–H and O–H groups in total. The molecule has 0 bridgehead atoms. The van der Waals surface area contributed by atoms with Crippen LogP contribution in [0.15, 0.2) is 18.2 Å². The standard InChI is InChI=1S/C14H18F2N2O3/c1-20-11-4-3-9(5-12(11)21-2)7-17-13(19)10-6-14(15,16)8-18-10/h3-5,10,18H,6-8H2,1-2H3,(H,17,19). The van der Waals surface area contributed by atoms with E-state index in [4.69, 9.17) is 9.47 Å². The summed E-state index contributed by atoms with van der Waals surface area (Å²) in [7, 11) is 3.05. The molecule has 0 aliphatic carbocycles. The Hall–Kier alpha value is -1.89. The lowest BCUT2D eigenvalue weighted by atomic mass is 10.1. The number of ether oxygens (including phenoxy) is 2. The third kappa shape index (κ3) is 3.81. The second-order valence-corrected chi connectivity index (χ2v) is 4.90. The molecule has 1 aliphatic heterocycles. The molecule has 116 valence electrons. The Kier molecular flexibility index (Phi) is 4.62. The van der Waals surface area contributed by atoms with Gasteiger partial charge in [0, 0.05) is 13.0 Å². The van der Waals surface area contributed by atoms with Crippen LogP contribution in [0.25, 0.3) is 0 Å². The number of amides is 1. The van der Waals surface area contributed by atoms with E-state index in [1.54, 1.807) is 18.2 Å². The quantitative estimate of drug-likeness (QED) is 0.861. The second-order valence-electron chi connectivity index (χ2n) is 4.90. The van der Waals surface area contributed by atoms with E-state index in [0.717, 1.165) is 5.56 Å². The molecule has 1 aliphatic rings. The number of halogens is 2. The molecule has 7 heteroatoms. The van der Waals surface area contributed by atoms with Gasteiger partial charge in [-0.1, -0.05) is 6.07 Å². The molecule has 2 rings (SSSR count). The van der Waals surface area contributed by atoms with Crippen LogP contribution in [-0.2, 0) is 11.3 Å². The van der Waals surface area contributed by atoms with Gasteiger partial charge in [-0.3, -0.25) is 10.1 Å². The number of nitrogens with one attached hydrogen (secondary N) is 2. The molecular weight excluding hydrogens is 282 g/mol. The molecule has 1 atom stereocenters. The molecule has 0 saturated carbocycles. The molecule has 1 saturated heterocycles. The zero-order valence-electron chi connectivity index (χ0n) is 11.9. The summed E-state index contributed by atoms with van der Waals surface area (Å²) in [5.41, 5.74) is 0.797. The average molecular weight is 300 g/mol. The van der Waals surface area contributed by atoms with Crippen LogP contribution in [0.5, 0.6) is 11.5 Å². The van der Waals surface area contributed by atoms with E-state index in [-0.39, 0.29) is 6.54 Å². The number of hydrogen-bond donors (Lipinski definition) is 2. The van der Waals surface area contributed by atoms with Gasteiger partial charge in [0.2, 0.25) is 5.91 Å². The Morgan fingerprint density at radius 3 is 2.67 bits per heavy atom. The largest absolute Gasteiger partial charge is 0.493 e. The number of rotatable bonds is 5. The van der Waals surface area contributed by atoms with Gasteiger partial charge < -0.3 is 14.8 Å². The van der Waals surface area contributed by atoms with Crippen LogP contribution >= 0.6 is 0 Å². The summed E-state index contributed by atoms with van der Waals surface area (Å²) in [6, 6.07) is 4.39. The van der Waals surface area contributed by atoms with E-state index in [0.29, 0.717) is 11.5 Å². The Morgan fingerprint density at radius 1 is 1.38 bits per heavy atom. The highest BCUT2D eigenvalue weighted by Crippen LogP contribution is 2.28. The highest BCUT2D eigenvalue weighted by atomic mass is 19.3. The minimum atomic E-state index is -2.81. The first-order valence-corrected chi connectivity index (χ1v) is 6.55. The summed E-state index contributed by atoms with van der Waals surface area (Å²) in [5, 5.41) is 5.15. The summed E-state index contributed by atoms with van der Waals surface area (Å²) >= 11 is 0. The Bertz CT molecular complexity index is 523. The third-order valence-electron chi connectivity index (χ3n) is 3.34. The van der Waals surface area contributed by atoms with Crippen molar-refractivity contribution in [1.82, 2.24) is 10.6 Å². The molecule has 1 aromatic rings. The van der Waals surface area contributed by atoms with E-state index in [2.05, 4.69) is 10.6 Å². The Labute approximate surface area is 121 Å². The highest BCUT2D eigenvalue weighted by molar-refractivity contribution is 5.82. The Morgan fingerprint density at radius 2 is 2.10 bits per heavy atom. The molecule has 0 aromatic heterocycles. The minimum absolute atomic E-state index is 0.239. The van der Waals surface area contributed by atoms with Crippen LogP contribution in [-0.4, -0.2) is 38.6 Å². The van der Waals surface area contributed by atoms with Crippen molar-refractivity contribution >= 4 is 5.91 Å². The first kappa shape index (κ1) is 15.5. The fraction of sp³-hybridized carbons (Fsp3) is 0.500. The van der Waals surface area contributed by atoms with Crippen LogP contribution in [0.3, 0.4) is 0 Å². The SMILES string of the molecule is COc1ccc(CNC(=O)C2CC(F)(F)CN2)cc1OC. The predicted octanol–water partition coefficient (Wildman–Crippen LogP) is 1.32. The fourth-order valence-corrected chi connectivity index (χ4v) is 2.20. The third-order valence-corrected chi connectivity index (χ3v) is 3.34. The smallest absolute Gasteiger partial charge is 0.262 e. The van der Waals surface area contributed by atoms with Gasteiger partial charge in [-0.2, -0.15) is 0 Å². The number of alkyl halides is 2. The van der Waals surface area contributed by atoms with Gasteiger partial charge in [-0.05, 0) is 17.7 Å². The molecule has 21 heavy (non-hydrogen) atoms. The first-order chi connectivity index (χ1) is 9.95. The van der Waals surface area contributed by atoms with Crippen molar-refractivity contribution in [3.63, 3.8) is 0 Å². The van der Waals surface area contributed by atoms with Crippen molar-refractivity contribution in [3.8, 4) is 11.5 Å². The molecule has 0 radical (unpaired) electrons. The molecule has 5 nitrogen and oxygen atoms in total. The van der Waals surface area contributed by atoms with E-state index >= 15 is 0 Å². The van der Waals surface area contributed by atoms with E-state index < -0.39 is 30.8 Å². The first-order valence-electron chi connectivity index (χ1n) is 6.55. The van der Waals surface area contributed by atoms with Crippen molar-refractivity contribution in [2.24, 2.45) is 0 Å². The second kappa shape index (κ2) is 6.26. The lowest BCUT2D eigenvalue weighted by molar-refractivity contribution is -0.123. The van der Waals surface area contributed by atoms with Gasteiger partial charge in [-0.25, -0.2) is 8.78 Å². The van der Waals surface area contributed by atoms with Gasteiger partial charge in [0.15, 0.2) is 11.5 Å². The summed E-state index contributed by atoms with van der Waals surface area (Å²) in [4.78, 5) is 11.8. The van der Waals surface area contributed by atoms with Gasteiger partial charge in [-0.15, -0.1) is 0 Å². The predicted molar refractivity (Wildman–Crippen MR) is 72.7 cm³/mol. The summed E-state index contributed by atoms with van der Waals surface area (Å²) in [6.07, 6.45) is -0.467. The molecule has 0 spiro atoms. The van der Waals surface area contributed by atoms with E-state index in [1.165, 1.54) is 14.2 Å². The van der Waals surface area contributed by atoms with Crippen LogP contribution in [0.4, 0.5) is 8.78 Å². The van der Waals surface area contributed by atoms with Crippen molar-refractivity contribution in [2.45, 2.75) is 24.9 Å². The van der Waals surface area contributed by atoms with E-state index in [1.807, 2.05) is 0 Å². The fourth-order valence-electron chi connectivity index (χ4n) is 2.20. The highest BCUT2D eigenvalue weighted by Gasteiger charge is 2.42. The lowest BCUT2D eigenvalue weighted by Crippen LogP contribution is -2.40. The maximum atomic E-state index is 13.0. The van der Waals surface area contributed by atoms with Gasteiger partial charge in [0.1, 0.15) is 0 Å². The van der Waals surface area contributed by atoms with Crippen molar-refractivity contribution in [3.05, 3.63) is 23.8 Å². The van der Waals surface area contributed by atoms with Gasteiger partial charge >= 0.3 is 0 Å². The summed E-state index contributed by atoms with van der Waals surface area (Å²) in [5.74, 6) is -2.10. The number of methoxy groups -OCH3 is 2. The summed E-state index contributed by atoms with van der Waals surface area (Å²) in [6.45, 7) is -0.218. The Balaban J connectivity index is 1.92. The number of benzene rings is 1. The lowest BCUT2D eigenvalue weighted by Gasteiger charge is -2.13. The van der Waals surface area contributed by atoms with Gasteiger partial charge in [0.25, 0.3) is 5.92 Å². The maximum absolute atomic E-state index is 13.0. The van der Waals surface area contributed by atoms with Crippen molar-refractivity contribution < 1.29 is 23.0 Å². The number of hydrogen-bond acceptors (Lipinski definition) is 4. The summed E-state index contributed by atoms with van der Waals surface area (Å²) < 4.78 is 36.3.